The van der Waals surface area contributed by atoms with Crippen molar-refractivity contribution >= 4 is 17.3 Å². The topological polar surface area (TPSA) is 92.5 Å². The van der Waals surface area contributed by atoms with Gasteiger partial charge in [-0.15, -0.1) is 0 Å². The molecule has 0 heterocycles. The molecule has 1 aromatic rings. The maximum atomic E-state index is 10.9. The van der Waals surface area contributed by atoms with Gasteiger partial charge >= 0.3 is 5.97 Å². The molecule has 6 nitrogen and oxygen atoms in total. The number of aromatic carboxylic acids is 1. The number of carboxylic acid groups (broad SMARTS) is 1. The fourth-order valence-corrected chi connectivity index (χ4v) is 2.45. The van der Waals surface area contributed by atoms with Crippen molar-refractivity contribution in [2.45, 2.75) is 25.7 Å². The molecule has 1 fully saturated rings. The van der Waals surface area contributed by atoms with Crippen LogP contribution in [0.25, 0.3) is 0 Å². The van der Waals surface area contributed by atoms with E-state index in [2.05, 4.69) is 5.32 Å². The average molecular weight is 264 g/mol. The SMILES string of the molecule is O=C(O)c1ccc(NCC2CCCC2)cc1[N+](=O)[O-]. The van der Waals surface area contributed by atoms with Gasteiger partial charge in [-0.1, -0.05) is 12.8 Å². The Balaban J connectivity index is 2.11. The lowest BCUT2D eigenvalue weighted by Gasteiger charge is -2.11. The van der Waals surface area contributed by atoms with Gasteiger partial charge in [0.15, 0.2) is 0 Å². The summed E-state index contributed by atoms with van der Waals surface area (Å²) in [7, 11) is 0. The van der Waals surface area contributed by atoms with Crippen molar-refractivity contribution in [1.82, 2.24) is 0 Å². The molecule has 102 valence electrons. The molecular formula is C13H16N2O4. The van der Waals surface area contributed by atoms with Crippen LogP contribution in [0.1, 0.15) is 36.0 Å². The standard InChI is InChI=1S/C13H16N2O4/c16-13(17)11-6-5-10(7-12(11)15(18)19)14-8-9-3-1-2-4-9/h5-7,9,14H,1-4,8H2,(H,16,17). The number of nitro groups is 1. The van der Waals surface area contributed by atoms with Gasteiger partial charge in [0.25, 0.3) is 5.69 Å². The zero-order chi connectivity index (χ0) is 13.8. The smallest absolute Gasteiger partial charge is 0.342 e. The Hall–Kier alpha value is -2.11. The quantitative estimate of drug-likeness (QED) is 0.630. The van der Waals surface area contributed by atoms with Crippen LogP contribution in [0, 0.1) is 16.0 Å². The zero-order valence-electron chi connectivity index (χ0n) is 10.5. The Kier molecular flexibility index (Phi) is 3.99. The molecule has 6 heteroatoms. The van der Waals surface area contributed by atoms with Gasteiger partial charge in [-0.2, -0.15) is 0 Å². The Morgan fingerprint density at radius 2 is 2.11 bits per heavy atom. The summed E-state index contributed by atoms with van der Waals surface area (Å²) in [5.74, 6) is -0.674. The Morgan fingerprint density at radius 1 is 1.42 bits per heavy atom. The third-order valence-corrected chi connectivity index (χ3v) is 3.49. The van der Waals surface area contributed by atoms with Gasteiger partial charge in [0.05, 0.1) is 4.92 Å². The van der Waals surface area contributed by atoms with Crippen LogP contribution in [0.4, 0.5) is 11.4 Å². The van der Waals surface area contributed by atoms with Crippen LogP contribution < -0.4 is 5.32 Å². The van der Waals surface area contributed by atoms with Gasteiger partial charge in [0.2, 0.25) is 0 Å². The molecule has 1 aromatic carbocycles. The van der Waals surface area contributed by atoms with E-state index in [4.69, 9.17) is 5.11 Å². The van der Waals surface area contributed by atoms with Crippen LogP contribution in [0.2, 0.25) is 0 Å². The number of anilines is 1. The molecule has 0 bridgehead atoms. The molecule has 19 heavy (non-hydrogen) atoms. The Bertz CT molecular complexity index is 495. The van der Waals surface area contributed by atoms with Gasteiger partial charge in [-0.05, 0) is 30.9 Å². The lowest BCUT2D eigenvalue weighted by molar-refractivity contribution is -0.385. The number of nitro benzene ring substituents is 1. The summed E-state index contributed by atoms with van der Waals surface area (Å²) in [5, 5.41) is 22.9. The molecule has 0 aliphatic heterocycles. The second-order valence-electron chi connectivity index (χ2n) is 4.83. The first-order chi connectivity index (χ1) is 9.08. The van der Waals surface area contributed by atoms with Crippen molar-refractivity contribution in [3.8, 4) is 0 Å². The van der Waals surface area contributed by atoms with E-state index in [1.54, 1.807) is 6.07 Å². The van der Waals surface area contributed by atoms with E-state index in [1.807, 2.05) is 0 Å². The number of benzene rings is 1. The second-order valence-corrected chi connectivity index (χ2v) is 4.83. The van der Waals surface area contributed by atoms with Gasteiger partial charge in [-0.25, -0.2) is 4.79 Å². The monoisotopic (exact) mass is 264 g/mol. The molecule has 0 radical (unpaired) electrons. The highest BCUT2D eigenvalue weighted by molar-refractivity contribution is 5.93. The lowest BCUT2D eigenvalue weighted by Crippen LogP contribution is -2.11. The van der Waals surface area contributed by atoms with Crippen LogP contribution in [0.15, 0.2) is 18.2 Å². The number of nitrogens with zero attached hydrogens (tertiary/aromatic N) is 1. The highest BCUT2D eigenvalue weighted by atomic mass is 16.6. The van der Waals surface area contributed by atoms with Crippen molar-refractivity contribution in [3.63, 3.8) is 0 Å². The van der Waals surface area contributed by atoms with Crippen molar-refractivity contribution in [1.29, 1.82) is 0 Å². The summed E-state index contributed by atoms with van der Waals surface area (Å²) in [6.07, 6.45) is 4.85. The van der Waals surface area contributed by atoms with Crippen LogP contribution >= 0.6 is 0 Å². The summed E-state index contributed by atoms with van der Waals surface area (Å²) >= 11 is 0. The molecular weight excluding hydrogens is 248 g/mol. The predicted octanol–water partition coefficient (Wildman–Crippen LogP) is 2.90. The molecule has 0 unspecified atom stereocenters. The van der Waals surface area contributed by atoms with Crippen LogP contribution in [-0.2, 0) is 0 Å². The fourth-order valence-electron chi connectivity index (χ4n) is 2.45. The minimum atomic E-state index is -1.28. The molecule has 2 rings (SSSR count). The summed E-state index contributed by atoms with van der Waals surface area (Å²) in [6, 6.07) is 4.14. The molecule has 0 spiro atoms. The van der Waals surface area contributed by atoms with E-state index in [0.29, 0.717) is 11.6 Å². The molecule has 0 amide bonds. The maximum absolute atomic E-state index is 10.9. The van der Waals surface area contributed by atoms with Gasteiger partial charge in [-0.3, -0.25) is 10.1 Å². The molecule has 2 N–H and O–H groups in total. The minimum Gasteiger partial charge on any atom is -0.477 e. The maximum Gasteiger partial charge on any atom is 0.342 e. The van der Waals surface area contributed by atoms with Crippen LogP contribution in [0.5, 0.6) is 0 Å². The van der Waals surface area contributed by atoms with Gasteiger partial charge in [0, 0.05) is 18.3 Å². The van der Waals surface area contributed by atoms with E-state index in [1.165, 1.54) is 37.8 Å². The Labute approximate surface area is 110 Å². The lowest BCUT2D eigenvalue weighted by atomic mass is 10.1. The number of hydrogen-bond donors (Lipinski definition) is 2. The van der Waals surface area contributed by atoms with Crippen LogP contribution in [-0.4, -0.2) is 22.5 Å². The summed E-state index contributed by atoms with van der Waals surface area (Å²) < 4.78 is 0. The number of carboxylic acids is 1. The number of nitrogens with one attached hydrogen (secondary N) is 1. The average Bonchev–Trinajstić information content (AvgIpc) is 2.88. The zero-order valence-corrected chi connectivity index (χ0v) is 10.5. The van der Waals surface area contributed by atoms with E-state index >= 15 is 0 Å². The number of rotatable bonds is 5. The van der Waals surface area contributed by atoms with E-state index in [9.17, 15) is 14.9 Å². The Morgan fingerprint density at radius 3 is 2.68 bits per heavy atom. The largest absolute Gasteiger partial charge is 0.477 e. The third kappa shape index (κ3) is 3.21. The number of hydrogen-bond acceptors (Lipinski definition) is 4. The first kappa shape index (κ1) is 13.3. The first-order valence-electron chi connectivity index (χ1n) is 6.33. The van der Waals surface area contributed by atoms with Crippen molar-refractivity contribution in [3.05, 3.63) is 33.9 Å². The second kappa shape index (κ2) is 5.69. The van der Waals surface area contributed by atoms with Crippen molar-refractivity contribution in [2.75, 3.05) is 11.9 Å². The van der Waals surface area contributed by atoms with Gasteiger partial charge in [0.1, 0.15) is 5.56 Å². The normalized spacial score (nSPS) is 15.4. The summed E-state index contributed by atoms with van der Waals surface area (Å²) in [6.45, 7) is 0.781. The van der Waals surface area contributed by atoms with Crippen molar-refractivity contribution in [2.24, 2.45) is 5.92 Å². The first-order valence-corrected chi connectivity index (χ1v) is 6.33. The van der Waals surface area contributed by atoms with E-state index in [0.717, 1.165) is 6.54 Å². The molecule has 1 aliphatic carbocycles. The molecule has 1 aliphatic rings. The van der Waals surface area contributed by atoms with E-state index < -0.39 is 10.9 Å². The van der Waals surface area contributed by atoms with Crippen LogP contribution in [0.3, 0.4) is 0 Å². The molecule has 0 aromatic heterocycles. The highest BCUT2D eigenvalue weighted by Gasteiger charge is 2.20. The number of carbonyl (C=O) groups is 1. The highest BCUT2D eigenvalue weighted by Crippen LogP contribution is 2.27. The molecule has 1 saturated carbocycles. The molecule has 0 atom stereocenters. The fraction of sp³-hybridized carbons (Fsp3) is 0.462. The summed E-state index contributed by atoms with van der Waals surface area (Å²) in [5.41, 5.74) is -0.0519. The third-order valence-electron chi connectivity index (χ3n) is 3.49. The van der Waals surface area contributed by atoms with Crippen molar-refractivity contribution < 1.29 is 14.8 Å². The van der Waals surface area contributed by atoms with Gasteiger partial charge < -0.3 is 10.4 Å². The van der Waals surface area contributed by atoms with E-state index in [-0.39, 0.29) is 11.3 Å². The minimum absolute atomic E-state index is 0.281. The summed E-state index contributed by atoms with van der Waals surface area (Å²) in [4.78, 5) is 21.1. The predicted molar refractivity (Wildman–Crippen MR) is 70.5 cm³/mol. The molecule has 0 saturated heterocycles.